The number of benzene rings is 2. The van der Waals surface area contributed by atoms with Gasteiger partial charge in [0.05, 0.1) is 17.1 Å². The van der Waals surface area contributed by atoms with Crippen LogP contribution in [0.4, 0.5) is 5.13 Å². The lowest BCUT2D eigenvalue weighted by Gasteiger charge is -2.22. The second kappa shape index (κ2) is 9.04. The summed E-state index contributed by atoms with van der Waals surface area (Å²) >= 11 is 1.51. The molecule has 6 heteroatoms. The van der Waals surface area contributed by atoms with Gasteiger partial charge in [0.15, 0.2) is 5.13 Å². The number of carbonyl (C=O) groups is 1. The molecule has 2 heterocycles. The van der Waals surface area contributed by atoms with Crippen LogP contribution in [0.3, 0.4) is 0 Å². The summed E-state index contributed by atoms with van der Waals surface area (Å²) in [6.45, 7) is 4.91. The van der Waals surface area contributed by atoms with Crippen LogP contribution in [0, 0.1) is 18.3 Å². The molecule has 0 aliphatic carbocycles. The number of aromatic nitrogens is 1. The van der Waals surface area contributed by atoms with Gasteiger partial charge in [0.25, 0.3) is 5.91 Å². The Bertz CT molecular complexity index is 1110. The van der Waals surface area contributed by atoms with Gasteiger partial charge in [-0.1, -0.05) is 71.5 Å². The van der Waals surface area contributed by atoms with Crippen molar-refractivity contribution in [2.45, 2.75) is 26.4 Å². The highest BCUT2D eigenvalue weighted by Gasteiger charge is 2.24. The first kappa shape index (κ1) is 20.0. The fourth-order valence-corrected chi connectivity index (χ4v) is 4.63. The monoisotopic (exact) mass is 415 g/mol. The van der Waals surface area contributed by atoms with Crippen LogP contribution in [0.1, 0.15) is 27.3 Å². The van der Waals surface area contributed by atoms with E-state index in [0.29, 0.717) is 5.13 Å². The Balaban J connectivity index is 1.43. The molecular formula is C24H23N4OS+. The standard InChI is InChI=1S/C24H22N4OS/c1-17-7-9-18(10-8-17)13-20(14-25)23(29)27-24-26-21-11-12-28(16-22(21)30-24)15-19-5-3-2-4-6-19/h2-10,13H,11-12,15-16H2,1H3,(H,26,27,29)/p+1/b20-13-. The maximum absolute atomic E-state index is 12.6. The van der Waals surface area contributed by atoms with Crippen molar-refractivity contribution in [3.63, 3.8) is 0 Å². The molecule has 0 saturated heterocycles. The molecule has 1 unspecified atom stereocenters. The van der Waals surface area contributed by atoms with Gasteiger partial charge in [0.2, 0.25) is 0 Å². The zero-order valence-corrected chi connectivity index (χ0v) is 17.6. The van der Waals surface area contributed by atoms with Crippen LogP contribution >= 0.6 is 11.3 Å². The van der Waals surface area contributed by atoms with Crippen LogP contribution < -0.4 is 10.2 Å². The van der Waals surface area contributed by atoms with Crippen molar-refractivity contribution < 1.29 is 9.69 Å². The molecule has 150 valence electrons. The molecule has 0 spiro atoms. The Labute approximate surface area is 180 Å². The molecule has 0 radical (unpaired) electrons. The Morgan fingerprint density at radius 2 is 2.00 bits per heavy atom. The van der Waals surface area contributed by atoms with Gasteiger partial charge in [0, 0.05) is 12.0 Å². The number of quaternary nitrogens is 1. The minimum atomic E-state index is -0.419. The number of fused-ring (bicyclic) bond motifs is 1. The van der Waals surface area contributed by atoms with Crippen molar-refractivity contribution in [2.75, 3.05) is 11.9 Å². The maximum atomic E-state index is 12.6. The van der Waals surface area contributed by atoms with E-state index in [1.807, 2.05) is 43.3 Å². The van der Waals surface area contributed by atoms with Gasteiger partial charge in [-0.25, -0.2) is 4.98 Å². The van der Waals surface area contributed by atoms with E-state index in [9.17, 15) is 10.1 Å². The predicted octanol–water partition coefficient (Wildman–Crippen LogP) is 3.14. The molecular weight excluding hydrogens is 392 g/mol. The number of amides is 1. The van der Waals surface area contributed by atoms with E-state index in [1.165, 1.54) is 26.7 Å². The number of anilines is 1. The molecule has 1 aliphatic heterocycles. The molecule has 30 heavy (non-hydrogen) atoms. The molecule has 3 aromatic rings. The number of nitriles is 1. The Hall–Kier alpha value is -3.27. The first-order valence-electron chi connectivity index (χ1n) is 9.96. The third-order valence-electron chi connectivity index (χ3n) is 5.18. The number of rotatable bonds is 5. The average Bonchev–Trinajstić information content (AvgIpc) is 3.15. The van der Waals surface area contributed by atoms with Crippen molar-refractivity contribution in [1.29, 1.82) is 5.26 Å². The molecule has 1 amide bonds. The summed E-state index contributed by atoms with van der Waals surface area (Å²) < 4.78 is 0. The molecule has 0 bridgehead atoms. The number of nitrogens with zero attached hydrogens (tertiary/aromatic N) is 2. The molecule has 1 aromatic heterocycles. The molecule has 5 nitrogen and oxygen atoms in total. The van der Waals surface area contributed by atoms with E-state index in [-0.39, 0.29) is 5.57 Å². The molecule has 0 saturated carbocycles. The zero-order chi connectivity index (χ0) is 20.9. The largest absolute Gasteiger partial charge is 0.326 e. The van der Waals surface area contributed by atoms with E-state index in [1.54, 1.807) is 6.08 Å². The van der Waals surface area contributed by atoms with Gasteiger partial charge in [-0.2, -0.15) is 5.26 Å². The quantitative estimate of drug-likeness (QED) is 0.497. The number of aryl methyl sites for hydroxylation is 1. The predicted molar refractivity (Wildman–Crippen MR) is 119 cm³/mol. The van der Waals surface area contributed by atoms with Gasteiger partial charge in [-0.05, 0) is 18.6 Å². The molecule has 2 aromatic carbocycles. The summed E-state index contributed by atoms with van der Waals surface area (Å²) in [5.41, 5.74) is 4.42. The van der Waals surface area contributed by atoms with E-state index in [0.717, 1.165) is 42.9 Å². The first-order valence-corrected chi connectivity index (χ1v) is 10.8. The highest BCUT2D eigenvalue weighted by atomic mass is 32.1. The van der Waals surface area contributed by atoms with E-state index < -0.39 is 5.91 Å². The lowest BCUT2D eigenvalue weighted by atomic mass is 10.1. The number of nitrogens with one attached hydrogen (secondary N) is 2. The second-order valence-electron chi connectivity index (χ2n) is 7.51. The van der Waals surface area contributed by atoms with E-state index in [4.69, 9.17) is 0 Å². The normalized spacial score (nSPS) is 15.9. The fourth-order valence-electron chi connectivity index (χ4n) is 3.56. The smallest absolute Gasteiger partial charge is 0.268 e. The zero-order valence-electron chi connectivity index (χ0n) is 16.8. The fraction of sp³-hybridized carbons (Fsp3) is 0.208. The van der Waals surface area contributed by atoms with E-state index >= 15 is 0 Å². The van der Waals surface area contributed by atoms with Crippen molar-refractivity contribution in [3.05, 3.63) is 87.4 Å². The van der Waals surface area contributed by atoms with Crippen molar-refractivity contribution in [2.24, 2.45) is 0 Å². The highest BCUT2D eigenvalue weighted by Crippen LogP contribution is 2.25. The highest BCUT2D eigenvalue weighted by molar-refractivity contribution is 7.15. The van der Waals surface area contributed by atoms with Gasteiger partial charge in [0.1, 0.15) is 24.7 Å². The van der Waals surface area contributed by atoms with Crippen LogP contribution in [0.15, 0.2) is 60.2 Å². The number of carbonyl (C=O) groups excluding carboxylic acids is 1. The molecule has 4 rings (SSSR count). The third kappa shape index (κ3) is 4.82. The van der Waals surface area contributed by atoms with Crippen LogP contribution in [0.2, 0.25) is 0 Å². The summed E-state index contributed by atoms with van der Waals surface area (Å²) in [5, 5.41) is 12.8. The van der Waals surface area contributed by atoms with Gasteiger partial charge < -0.3 is 4.90 Å². The lowest BCUT2D eigenvalue weighted by molar-refractivity contribution is -0.929. The summed E-state index contributed by atoms with van der Waals surface area (Å²) in [5.74, 6) is -0.419. The van der Waals surface area contributed by atoms with Crippen LogP contribution in [0.5, 0.6) is 0 Å². The summed E-state index contributed by atoms with van der Waals surface area (Å²) in [7, 11) is 0. The Morgan fingerprint density at radius 1 is 1.23 bits per heavy atom. The first-order chi connectivity index (χ1) is 14.6. The van der Waals surface area contributed by atoms with Crippen LogP contribution in [-0.4, -0.2) is 17.4 Å². The van der Waals surface area contributed by atoms with Crippen molar-refractivity contribution >= 4 is 28.5 Å². The SMILES string of the molecule is Cc1ccc(/C=C(/C#N)C(=O)Nc2nc3c(s2)C[NH+](Cc2ccccc2)CC3)cc1. The minimum Gasteiger partial charge on any atom is -0.326 e. The second-order valence-corrected chi connectivity index (χ2v) is 8.60. The summed E-state index contributed by atoms with van der Waals surface area (Å²) in [4.78, 5) is 19.9. The number of hydrogen-bond donors (Lipinski definition) is 2. The summed E-state index contributed by atoms with van der Waals surface area (Å²) in [6.07, 6.45) is 2.50. The minimum absolute atomic E-state index is 0.0726. The lowest BCUT2D eigenvalue weighted by Crippen LogP contribution is -3.10. The Morgan fingerprint density at radius 3 is 2.73 bits per heavy atom. The van der Waals surface area contributed by atoms with Gasteiger partial charge in [-0.3, -0.25) is 10.1 Å². The summed E-state index contributed by atoms with van der Waals surface area (Å²) in [6, 6.07) is 20.2. The molecule has 1 aliphatic rings. The average molecular weight is 416 g/mol. The molecule has 1 atom stereocenters. The van der Waals surface area contributed by atoms with Gasteiger partial charge >= 0.3 is 0 Å². The van der Waals surface area contributed by atoms with E-state index in [2.05, 4.69) is 34.6 Å². The molecule has 2 N–H and O–H groups in total. The van der Waals surface area contributed by atoms with Crippen LogP contribution in [0.25, 0.3) is 6.08 Å². The van der Waals surface area contributed by atoms with Crippen molar-refractivity contribution in [1.82, 2.24) is 4.98 Å². The van der Waals surface area contributed by atoms with Gasteiger partial charge in [-0.15, -0.1) is 0 Å². The Kier molecular flexibility index (Phi) is 6.03. The third-order valence-corrected chi connectivity index (χ3v) is 6.19. The topological polar surface area (TPSA) is 70.2 Å². The van der Waals surface area contributed by atoms with Crippen molar-refractivity contribution in [3.8, 4) is 6.07 Å². The number of thiazole rings is 1. The van der Waals surface area contributed by atoms with Crippen LogP contribution in [-0.2, 0) is 24.3 Å². The molecule has 0 fully saturated rings. The maximum Gasteiger partial charge on any atom is 0.268 e. The number of hydrogen-bond acceptors (Lipinski definition) is 4.